The second-order valence-electron chi connectivity index (χ2n) is 5.70. The van der Waals surface area contributed by atoms with Crippen molar-refractivity contribution >= 4 is 39.1 Å². The van der Waals surface area contributed by atoms with Crippen LogP contribution in [-0.4, -0.2) is 27.0 Å². The lowest BCUT2D eigenvalue weighted by Crippen LogP contribution is -2.02. The lowest BCUT2D eigenvalue weighted by molar-refractivity contribution is 0.393. The van der Waals surface area contributed by atoms with Crippen molar-refractivity contribution in [1.29, 1.82) is 0 Å². The minimum atomic E-state index is 0.608. The van der Waals surface area contributed by atoms with Gasteiger partial charge in [0.25, 0.3) is 0 Å². The van der Waals surface area contributed by atoms with Crippen molar-refractivity contribution in [2.75, 3.05) is 12.4 Å². The van der Waals surface area contributed by atoms with Crippen molar-refractivity contribution in [3.63, 3.8) is 0 Å². The number of methoxy groups -OCH3 is 1. The zero-order valence-corrected chi connectivity index (χ0v) is 15.6. The molecule has 0 saturated heterocycles. The quantitative estimate of drug-likeness (QED) is 0.518. The van der Waals surface area contributed by atoms with Crippen LogP contribution in [0.25, 0.3) is 11.0 Å². The van der Waals surface area contributed by atoms with Crippen LogP contribution in [0.4, 0.5) is 5.13 Å². The molecule has 0 radical (unpaired) electrons. The second-order valence-corrected chi connectivity index (χ2v) is 7.25. The smallest absolute Gasteiger partial charge is 0.218 e. The molecule has 4 aromatic rings. The number of thiazole rings is 1. The molecular weight excluding hydrogens is 370 g/mol. The first-order chi connectivity index (χ1) is 12.7. The van der Waals surface area contributed by atoms with Crippen molar-refractivity contribution in [3.05, 3.63) is 64.0 Å². The highest BCUT2D eigenvalue weighted by Gasteiger charge is 2.10. The minimum Gasteiger partial charge on any atom is -0.481 e. The Hall–Kier alpha value is -2.64. The summed E-state index contributed by atoms with van der Waals surface area (Å²) in [5.41, 5.74) is 2.99. The first-order valence-electron chi connectivity index (χ1n) is 8.01. The topological polar surface area (TPSA) is 75.7 Å². The molecule has 0 aliphatic carbocycles. The van der Waals surface area contributed by atoms with Gasteiger partial charge in [-0.3, -0.25) is 0 Å². The molecular formula is C18H16ClN5OS. The van der Waals surface area contributed by atoms with Crippen molar-refractivity contribution in [1.82, 2.24) is 19.9 Å². The van der Waals surface area contributed by atoms with E-state index in [0.29, 0.717) is 17.4 Å². The fourth-order valence-electron chi connectivity index (χ4n) is 2.75. The van der Waals surface area contributed by atoms with Gasteiger partial charge in [-0.15, -0.1) is 11.3 Å². The van der Waals surface area contributed by atoms with Crippen LogP contribution in [0.1, 0.15) is 16.0 Å². The van der Waals surface area contributed by atoms with Gasteiger partial charge in [0.15, 0.2) is 5.13 Å². The number of nitrogens with zero attached hydrogens (tertiary/aromatic N) is 3. The predicted octanol–water partition coefficient (Wildman–Crippen LogP) is 4.28. The summed E-state index contributed by atoms with van der Waals surface area (Å²) in [7, 11) is 1.62. The Balaban J connectivity index is 1.47. The van der Waals surface area contributed by atoms with Gasteiger partial charge in [0.1, 0.15) is 5.65 Å². The molecule has 0 atom stereocenters. The largest absolute Gasteiger partial charge is 0.481 e. The number of hydrogen-bond donors (Lipinski definition) is 2. The van der Waals surface area contributed by atoms with Crippen LogP contribution in [0, 0.1) is 0 Å². The van der Waals surface area contributed by atoms with Gasteiger partial charge < -0.3 is 15.0 Å². The average molecular weight is 386 g/mol. The molecule has 6 nitrogen and oxygen atoms in total. The Morgan fingerprint density at radius 3 is 3.04 bits per heavy atom. The third kappa shape index (κ3) is 3.49. The van der Waals surface area contributed by atoms with Gasteiger partial charge in [0, 0.05) is 53.6 Å². The maximum atomic E-state index is 6.07. The average Bonchev–Trinajstić information content (AvgIpc) is 3.27. The predicted molar refractivity (Wildman–Crippen MR) is 104 cm³/mol. The molecule has 0 amide bonds. The molecule has 2 N–H and O–H groups in total. The van der Waals surface area contributed by atoms with Gasteiger partial charge in [-0.1, -0.05) is 17.7 Å². The van der Waals surface area contributed by atoms with Gasteiger partial charge in [0.05, 0.1) is 12.1 Å². The fourth-order valence-corrected chi connectivity index (χ4v) is 3.74. The van der Waals surface area contributed by atoms with Gasteiger partial charge >= 0.3 is 0 Å². The van der Waals surface area contributed by atoms with E-state index in [1.54, 1.807) is 30.8 Å². The number of hydrogen-bond acceptors (Lipinski definition) is 6. The lowest BCUT2D eigenvalue weighted by Gasteiger charge is -2.07. The van der Waals surface area contributed by atoms with E-state index < -0.39 is 0 Å². The summed E-state index contributed by atoms with van der Waals surface area (Å²) < 4.78 is 5.27. The minimum absolute atomic E-state index is 0.608. The van der Waals surface area contributed by atoms with E-state index in [9.17, 15) is 0 Å². The highest BCUT2D eigenvalue weighted by Crippen LogP contribution is 2.27. The first-order valence-corrected chi connectivity index (χ1v) is 9.20. The molecule has 0 saturated carbocycles. The molecule has 4 aromatic heterocycles. The van der Waals surface area contributed by atoms with Crippen LogP contribution >= 0.6 is 22.9 Å². The number of anilines is 1. The molecule has 132 valence electrons. The summed E-state index contributed by atoms with van der Waals surface area (Å²) >= 11 is 7.69. The van der Waals surface area contributed by atoms with E-state index in [1.165, 1.54) is 0 Å². The number of aromatic amines is 1. The molecule has 8 heteroatoms. The molecule has 4 heterocycles. The van der Waals surface area contributed by atoms with E-state index in [2.05, 4.69) is 25.3 Å². The van der Waals surface area contributed by atoms with Crippen molar-refractivity contribution < 1.29 is 4.74 Å². The lowest BCUT2D eigenvalue weighted by atomic mass is 10.1. The number of halogens is 1. The number of fused-ring (bicyclic) bond motifs is 1. The third-order valence-electron chi connectivity index (χ3n) is 3.98. The molecule has 0 fully saturated rings. The van der Waals surface area contributed by atoms with Crippen LogP contribution in [0.15, 0.2) is 43.0 Å². The number of rotatable bonds is 6. The van der Waals surface area contributed by atoms with Gasteiger partial charge in [-0.05, 0) is 17.7 Å². The summed E-state index contributed by atoms with van der Waals surface area (Å²) in [5.74, 6) is 0.625. The summed E-state index contributed by atoms with van der Waals surface area (Å²) in [6.07, 6.45) is 8.00. The normalized spacial score (nSPS) is 11.0. The zero-order valence-electron chi connectivity index (χ0n) is 14.0. The molecule has 0 unspecified atom stereocenters. The number of aromatic nitrogens is 4. The fraction of sp³-hybridized carbons (Fsp3) is 0.167. The van der Waals surface area contributed by atoms with E-state index >= 15 is 0 Å². The highest BCUT2D eigenvalue weighted by molar-refractivity contribution is 7.15. The third-order valence-corrected chi connectivity index (χ3v) is 5.14. The molecule has 0 bridgehead atoms. The van der Waals surface area contributed by atoms with E-state index in [0.717, 1.165) is 38.6 Å². The Labute approximate surface area is 159 Å². The Morgan fingerprint density at radius 2 is 2.15 bits per heavy atom. The van der Waals surface area contributed by atoms with Crippen molar-refractivity contribution in [3.8, 4) is 5.88 Å². The van der Waals surface area contributed by atoms with E-state index in [1.807, 2.05) is 30.6 Å². The van der Waals surface area contributed by atoms with E-state index in [-0.39, 0.29) is 0 Å². The zero-order chi connectivity index (χ0) is 17.9. The number of ether oxygens (including phenoxy) is 1. The molecule has 0 aliphatic rings. The maximum absolute atomic E-state index is 6.07. The first kappa shape index (κ1) is 16.8. The van der Waals surface area contributed by atoms with Crippen LogP contribution in [0.2, 0.25) is 5.02 Å². The Bertz CT molecular complexity index is 1040. The van der Waals surface area contributed by atoms with Gasteiger partial charge in [0.2, 0.25) is 5.88 Å². The summed E-state index contributed by atoms with van der Waals surface area (Å²) in [5, 5.41) is 5.87. The monoisotopic (exact) mass is 385 g/mol. The van der Waals surface area contributed by atoms with Gasteiger partial charge in [-0.25, -0.2) is 15.0 Å². The van der Waals surface area contributed by atoms with E-state index in [4.69, 9.17) is 16.3 Å². The van der Waals surface area contributed by atoms with Crippen LogP contribution in [-0.2, 0) is 13.0 Å². The molecule has 0 aliphatic heterocycles. The van der Waals surface area contributed by atoms with Crippen LogP contribution < -0.4 is 10.1 Å². The highest BCUT2D eigenvalue weighted by atomic mass is 35.5. The summed E-state index contributed by atoms with van der Waals surface area (Å²) in [6, 6.07) is 5.81. The molecule has 0 spiro atoms. The maximum Gasteiger partial charge on any atom is 0.218 e. The number of H-pyrrole nitrogens is 1. The number of pyridine rings is 2. The molecule has 0 aromatic carbocycles. The second kappa shape index (κ2) is 7.31. The van der Waals surface area contributed by atoms with Crippen molar-refractivity contribution in [2.45, 2.75) is 13.0 Å². The molecule has 26 heavy (non-hydrogen) atoms. The molecule has 4 rings (SSSR count). The van der Waals surface area contributed by atoms with Crippen LogP contribution in [0.3, 0.4) is 0 Å². The van der Waals surface area contributed by atoms with Crippen molar-refractivity contribution in [2.24, 2.45) is 0 Å². The Kier molecular flexibility index (Phi) is 4.73. The summed E-state index contributed by atoms with van der Waals surface area (Å²) in [4.78, 5) is 17.3. The Morgan fingerprint density at radius 1 is 1.23 bits per heavy atom. The SMILES string of the molecule is COc1ncccc1CNc1ncc(Cc2c[nH]c3ncc(Cl)cc23)s1. The summed E-state index contributed by atoms with van der Waals surface area (Å²) in [6.45, 7) is 0.608. The van der Waals surface area contributed by atoms with Gasteiger partial charge in [-0.2, -0.15) is 0 Å². The van der Waals surface area contributed by atoms with Crippen LogP contribution in [0.5, 0.6) is 5.88 Å². The number of nitrogens with one attached hydrogen (secondary N) is 2. The standard InChI is InChI=1S/C18H16ClN5OS/c1-25-17-11(3-2-4-20-17)7-23-18-24-10-14(26-18)5-12-8-21-16-15(12)6-13(19)9-22-16/h2-4,6,8-10H,5,7H2,1H3,(H,21,22)(H,23,24).